The summed E-state index contributed by atoms with van der Waals surface area (Å²) in [5.74, 6) is -5.58. The monoisotopic (exact) mass is 344 g/mol. The van der Waals surface area contributed by atoms with Gasteiger partial charge in [-0.2, -0.15) is 0 Å². The van der Waals surface area contributed by atoms with Gasteiger partial charge in [-0.25, -0.2) is 17.6 Å². The summed E-state index contributed by atoms with van der Waals surface area (Å²) in [6, 6.07) is 0. The molecule has 0 radical (unpaired) electrons. The lowest BCUT2D eigenvalue weighted by Gasteiger charge is -2.13. The fourth-order valence-corrected chi connectivity index (χ4v) is 2.47. The first-order valence-electron chi connectivity index (χ1n) is 7.64. The van der Waals surface area contributed by atoms with Crippen molar-refractivity contribution >= 4 is 5.97 Å². The fourth-order valence-electron chi connectivity index (χ4n) is 2.47. The van der Waals surface area contributed by atoms with Crippen LogP contribution in [0.2, 0.25) is 0 Å². The summed E-state index contributed by atoms with van der Waals surface area (Å²) in [6.45, 7) is 2.47. The van der Waals surface area contributed by atoms with Crippen LogP contribution >= 0.6 is 0 Å². The molecule has 2 aliphatic heterocycles. The maximum Gasteiger partial charge on any atom is 0.320 e. The highest BCUT2D eigenvalue weighted by Crippen LogP contribution is 2.26. The Bertz CT molecular complexity index is 383. The fraction of sp³-hybridized carbons (Fsp3) is 0.929. The number of β-amino-alcohol motifs (C(OH)–C–C–N with tert-alkyl or cyclic N) is 1. The molecule has 0 unspecified atom stereocenters. The van der Waals surface area contributed by atoms with Gasteiger partial charge < -0.3 is 9.84 Å². The highest BCUT2D eigenvalue weighted by molar-refractivity contribution is 5.71. The van der Waals surface area contributed by atoms with Gasteiger partial charge in [-0.3, -0.25) is 14.6 Å². The highest BCUT2D eigenvalue weighted by Gasteiger charge is 2.39. The van der Waals surface area contributed by atoms with E-state index in [1.54, 1.807) is 11.8 Å². The molecule has 0 aromatic rings. The van der Waals surface area contributed by atoms with E-state index in [0.29, 0.717) is 19.7 Å². The van der Waals surface area contributed by atoms with Crippen molar-refractivity contribution in [1.29, 1.82) is 0 Å². The first kappa shape index (κ1) is 20.1. The molecule has 2 saturated heterocycles. The summed E-state index contributed by atoms with van der Waals surface area (Å²) in [7, 11) is 0. The predicted molar refractivity (Wildman–Crippen MR) is 75.7 cm³/mol. The summed E-state index contributed by atoms with van der Waals surface area (Å²) in [6.07, 6.45) is -0.223. The average Bonchev–Trinajstić information content (AvgIpc) is 2.93. The van der Waals surface area contributed by atoms with Crippen LogP contribution in [-0.2, 0) is 9.53 Å². The number of ether oxygens (including phenoxy) is 1. The molecule has 136 valence electrons. The number of nitrogens with zero attached hydrogens (tertiary/aromatic N) is 2. The van der Waals surface area contributed by atoms with Crippen molar-refractivity contribution in [1.82, 2.24) is 9.80 Å². The van der Waals surface area contributed by atoms with Gasteiger partial charge in [0.2, 0.25) is 0 Å². The molecule has 0 aromatic carbocycles. The van der Waals surface area contributed by atoms with Gasteiger partial charge in [0, 0.05) is 32.5 Å². The largest absolute Gasteiger partial charge is 0.465 e. The molecule has 2 fully saturated rings. The van der Waals surface area contributed by atoms with E-state index in [4.69, 9.17) is 5.11 Å². The molecule has 0 aromatic heterocycles. The Labute approximate surface area is 133 Å². The minimum atomic E-state index is -2.63. The molecule has 0 aliphatic carbocycles. The van der Waals surface area contributed by atoms with Gasteiger partial charge in [-0.05, 0) is 6.92 Å². The standard InChI is InChI=1S/C8H13F2NO2.C6H11F2NO/c1-2-13-7(12)5-11-4-3-8(9,10)6-11;7-6(8)1-2-9(5-6)3-4-10/h2-6H2,1H3;10H,1-5H2. The van der Waals surface area contributed by atoms with Crippen molar-refractivity contribution in [3.05, 3.63) is 0 Å². The highest BCUT2D eigenvalue weighted by atomic mass is 19.3. The molecule has 0 bridgehead atoms. The van der Waals surface area contributed by atoms with Crippen molar-refractivity contribution in [2.45, 2.75) is 31.6 Å². The van der Waals surface area contributed by atoms with Gasteiger partial charge in [-0.15, -0.1) is 0 Å². The van der Waals surface area contributed by atoms with E-state index < -0.39 is 17.8 Å². The van der Waals surface area contributed by atoms with Crippen molar-refractivity contribution < 1.29 is 32.2 Å². The van der Waals surface area contributed by atoms with Gasteiger partial charge >= 0.3 is 5.97 Å². The molecular weight excluding hydrogens is 320 g/mol. The number of carbonyl (C=O) groups is 1. The van der Waals surface area contributed by atoms with Crippen LogP contribution in [0, 0.1) is 0 Å². The van der Waals surface area contributed by atoms with E-state index in [9.17, 15) is 22.4 Å². The molecule has 23 heavy (non-hydrogen) atoms. The molecule has 2 heterocycles. The van der Waals surface area contributed by atoms with E-state index in [1.165, 1.54) is 4.90 Å². The normalized spacial score (nSPS) is 23.4. The number of hydrogen-bond donors (Lipinski definition) is 1. The zero-order chi connectivity index (χ0) is 17.5. The lowest BCUT2D eigenvalue weighted by Crippen LogP contribution is -2.31. The SMILES string of the molecule is CCOC(=O)CN1CCC(F)(F)C1.OCCN1CCC(F)(F)C1. The van der Waals surface area contributed by atoms with E-state index >= 15 is 0 Å². The molecule has 0 saturated carbocycles. The van der Waals surface area contributed by atoms with Crippen molar-refractivity contribution in [3.63, 3.8) is 0 Å². The zero-order valence-electron chi connectivity index (χ0n) is 13.2. The number of hydrogen-bond acceptors (Lipinski definition) is 5. The summed E-state index contributed by atoms with van der Waals surface area (Å²) in [4.78, 5) is 13.9. The van der Waals surface area contributed by atoms with Crippen LogP contribution in [0.5, 0.6) is 0 Å². The minimum absolute atomic E-state index is 0.0244. The number of rotatable bonds is 5. The Morgan fingerprint density at radius 1 is 1.09 bits per heavy atom. The van der Waals surface area contributed by atoms with Gasteiger partial charge in [0.05, 0.1) is 32.8 Å². The Kier molecular flexibility index (Phi) is 7.69. The maximum absolute atomic E-state index is 12.6. The lowest BCUT2D eigenvalue weighted by atomic mass is 10.3. The molecule has 0 atom stereocenters. The number of halogens is 4. The van der Waals surface area contributed by atoms with E-state index in [2.05, 4.69) is 4.74 Å². The van der Waals surface area contributed by atoms with Crippen LogP contribution in [0.3, 0.4) is 0 Å². The van der Waals surface area contributed by atoms with Crippen molar-refractivity contribution in [3.8, 4) is 0 Å². The van der Waals surface area contributed by atoms with Crippen molar-refractivity contribution in [2.75, 3.05) is 52.5 Å². The number of aliphatic hydroxyl groups excluding tert-OH is 1. The predicted octanol–water partition coefficient (Wildman–Crippen LogP) is 1.21. The van der Waals surface area contributed by atoms with Crippen LogP contribution in [0.15, 0.2) is 0 Å². The second-order valence-corrected chi connectivity index (χ2v) is 5.73. The summed E-state index contributed by atoms with van der Waals surface area (Å²) in [5.41, 5.74) is 0. The van der Waals surface area contributed by atoms with E-state index in [0.717, 1.165) is 0 Å². The minimum Gasteiger partial charge on any atom is -0.465 e. The van der Waals surface area contributed by atoms with Crippen LogP contribution < -0.4 is 0 Å². The topological polar surface area (TPSA) is 53.0 Å². The van der Waals surface area contributed by atoms with E-state index in [1.807, 2.05) is 0 Å². The molecule has 0 spiro atoms. The Hall–Kier alpha value is -0.930. The van der Waals surface area contributed by atoms with Crippen LogP contribution in [0.25, 0.3) is 0 Å². The Balaban J connectivity index is 0.000000238. The lowest BCUT2D eigenvalue weighted by molar-refractivity contribution is -0.144. The molecule has 2 aliphatic rings. The Morgan fingerprint density at radius 3 is 2.00 bits per heavy atom. The third kappa shape index (κ3) is 7.94. The summed E-state index contributed by atoms with van der Waals surface area (Å²) in [5, 5.41) is 8.41. The first-order valence-corrected chi connectivity index (χ1v) is 7.64. The van der Waals surface area contributed by atoms with Gasteiger partial charge in [0.15, 0.2) is 0 Å². The quantitative estimate of drug-likeness (QED) is 0.600. The number of alkyl halides is 4. The third-order valence-corrected chi connectivity index (χ3v) is 3.57. The molecular formula is C14H24F4N2O3. The number of esters is 1. The van der Waals surface area contributed by atoms with Gasteiger partial charge in [0.25, 0.3) is 11.8 Å². The Morgan fingerprint density at radius 2 is 1.61 bits per heavy atom. The number of aliphatic hydroxyl groups is 1. The zero-order valence-corrected chi connectivity index (χ0v) is 13.2. The molecule has 2 rings (SSSR count). The van der Waals surface area contributed by atoms with Crippen molar-refractivity contribution in [2.24, 2.45) is 0 Å². The average molecular weight is 344 g/mol. The van der Waals surface area contributed by atoms with Gasteiger partial charge in [0.1, 0.15) is 0 Å². The maximum atomic E-state index is 12.6. The van der Waals surface area contributed by atoms with E-state index in [-0.39, 0.29) is 45.6 Å². The van der Waals surface area contributed by atoms with Crippen LogP contribution in [0.4, 0.5) is 17.6 Å². The first-order chi connectivity index (χ1) is 10.7. The molecule has 5 nitrogen and oxygen atoms in total. The number of likely N-dealkylation sites (tertiary alicyclic amines) is 2. The van der Waals surface area contributed by atoms with Crippen LogP contribution in [0.1, 0.15) is 19.8 Å². The van der Waals surface area contributed by atoms with Crippen LogP contribution in [-0.4, -0.2) is 85.2 Å². The molecule has 0 amide bonds. The number of carbonyl (C=O) groups excluding carboxylic acids is 1. The molecule has 1 N–H and O–H groups in total. The molecule has 9 heteroatoms. The second-order valence-electron chi connectivity index (χ2n) is 5.73. The summed E-state index contributed by atoms with van der Waals surface area (Å²) >= 11 is 0. The second kappa shape index (κ2) is 8.79. The van der Waals surface area contributed by atoms with Gasteiger partial charge in [-0.1, -0.05) is 0 Å². The smallest absolute Gasteiger partial charge is 0.320 e. The summed E-state index contributed by atoms with van der Waals surface area (Å²) < 4.78 is 54.7. The third-order valence-electron chi connectivity index (χ3n) is 3.57.